The van der Waals surface area contributed by atoms with Gasteiger partial charge >= 0.3 is 12.0 Å². The van der Waals surface area contributed by atoms with Gasteiger partial charge in [-0.3, -0.25) is 9.78 Å². The summed E-state index contributed by atoms with van der Waals surface area (Å²) >= 11 is 0. The molecule has 0 aromatic carbocycles. The molecule has 1 atom stereocenters. The van der Waals surface area contributed by atoms with E-state index in [1.807, 2.05) is 19.1 Å². The number of pyridine rings is 1. The molecule has 0 radical (unpaired) electrons. The average Bonchev–Trinajstić information content (AvgIpc) is 2.31. The highest BCUT2D eigenvalue weighted by atomic mass is 16.4. The number of aliphatic carboxylic acids is 1. The highest BCUT2D eigenvalue weighted by Crippen LogP contribution is 2.06. The van der Waals surface area contributed by atoms with Gasteiger partial charge in [-0.1, -0.05) is 6.07 Å². The number of carbonyl (C=O) groups excluding carboxylic acids is 1. The smallest absolute Gasteiger partial charge is 0.325 e. The molecule has 2 amide bonds. The number of nitrogens with zero attached hydrogens (tertiary/aromatic N) is 2. The molecule has 1 unspecified atom stereocenters. The van der Waals surface area contributed by atoms with E-state index in [9.17, 15) is 9.59 Å². The molecule has 0 bridgehead atoms. The number of aryl methyl sites for hydroxylation is 1. The Balaban J connectivity index is 2.60. The molecule has 2 N–H and O–H groups in total. The number of aromatic nitrogens is 1. The standard InChI is InChI=1S/C12H17N3O3/c1-8-5-4-6-13-10(8)7-15(3)12(18)14-9(2)11(16)17/h4-6,9H,7H2,1-3H3,(H,14,18)(H,16,17). The van der Waals surface area contributed by atoms with Crippen LogP contribution in [0.3, 0.4) is 0 Å². The molecule has 0 aliphatic rings. The van der Waals surface area contributed by atoms with Gasteiger partial charge in [0.15, 0.2) is 0 Å². The lowest BCUT2D eigenvalue weighted by Crippen LogP contribution is -2.45. The fourth-order valence-corrected chi connectivity index (χ4v) is 1.34. The monoisotopic (exact) mass is 251 g/mol. The minimum atomic E-state index is -1.06. The number of hydrogen-bond acceptors (Lipinski definition) is 3. The number of nitrogens with one attached hydrogen (secondary N) is 1. The third kappa shape index (κ3) is 3.73. The molecular weight excluding hydrogens is 234 g/mol. The fraction of sp³-hybridized carbons (Fsp3) is 0.417. The molecular formula is C12H17N3O3. The zero-order valence-corrected chi connectivity index (χ0v) is 10.7. The Kier molecular flexibility index (Phi) is 4.65. The SMILES string of the molecule is Cc1cccnc1CN(C)C(=O)NC(C)C(=O)O. The third-order valence-corrected chi connectivity index (χ3v) is 2.56. The maximum Gasteiger partial charge on any atom is 0.325 e. The minimum absolute atomic E-state index is 0.338. The first-order valence-electron chi connectivity index (χ1n) is 5.56. The van der Waals surface area contributed by atoms with Crippen molar-refractivity contribution in [2.24, 2.45) is 0 Å². The van der Waals surface area contributed by atoms with Crippen molar-refractivity contribution in [3.8, 4) is 0 Å². The summed E-state index contributed by atoms with van der Waals surface area (Å²) in [6.07, 6.45) is 1.66. The van der Waals surface area contributed by atoms with E-state index in [2.05, 4.69) is 10.3 Å². The van der Waals surface area contributed by atoms with Crippen molar-refractivity contribution in [3.63, 3.8) is 0 Å². The molecule has 6 heteroatoms. The van der Waals surface area contributed by atoms with E-state index >= 15 is 0 Å². The van der Waals surface area contributed by atoms with Crippen LogP contribution in [0.2, 0.25) is 0 Å². The molecule has 0 saturated carbocycles. The molecule has 6 nitrogen and oxygen atoms in total. The fourth-order valence-electron chi connectivity index (χ4n) is 1.34. The van der Waals surface area contributed by atoms with Crippen molar-refractivity contribution in [2.45, 2.75) is 26.4 Å². The van der Waals surface area contributed by atoms with Crippen LogP contribution in [0, 0.1) is 6.92 Å². The van der Waals surface area contributed by atoms with Crippen molar-refractivity contribution in [1.29, 1.82) is 0 Å². The average molecular weight is 251 g/mol. The Bertz CT molecular complexity index is 448. The summed E-state index contributed by atoms with van der Waals surface area (Å²) in [5.41, 5.74) is 1.78. The molecule has 0 fully saturated rings. The Morgan fingerprint density at radius 2 is 2.22 bits per heavy atom. The zero-order chi connectivity index (χ0) is 13.7. The van der Waals surface area contributed by atoms with Crippen molar-refractivity contribution in [1.82, 2.24) is 15.2 Å². The van der Waals surface area contributed by atoms with Crippen LogP contribution in [0.4, 0.5) is 4.79 Å². The Hall–Kier alpha value is -2.11. The van der Waals surface area contributed by atoms with E-state index in [1.54, 1.807) is 13.2 Å². The number of urea groups is 1. The summed E-state index contributed by atoms with van der Waals surface area (Å²) in [4.78, 5) is 27.9. The maximum absolute atomic E-state index is 11.7. The molecule has 18 heavy (non-hydrogen) atoms. The second-order valence-corrected chi connectivity index (χ2v) is 4.13. The molecule has 0 aliphatic carbocycles. The molecule has 0 saturated heterocycles. The third-order valence-electron chi connectivity index (χ3n) is 2.56. The van der Waals surface area contributed by atoms with Gasteiger partial charge in [-0.2, -0.15) is 0 Å². The van der Waals surface area contributed by atoms with Crippen LogP contribution in [-0.4, -0.2) is 40.1 Å². The van der Waals surface area contributed by atoms with Crippen molar-refractivity contribution in [3.05, 3.63) is 29.6 Å². The topological polar surface area (TPSA) is 82.5 Å². The van der Waals surface area contributed by atoms with Crippen LogP contribution in [0.5, 0.6) is 0 Å². The number of carbonyl (C=O) groups is 2. The first kappa shape index (κ1) is 14.0. The Labute approximate surface area is 106 Å². The van der Waals surface area contributed by atoms with Crippen molar-refractivity contribution in [2.75, 3.05) is 7.05 Å². The largest absolute Gasteiger partial charge is 0.480 e. The van der Waals surface area contributed by atoms with E-state index in [0.717, 1.165) is 11.3 Å². The molecule has 1 aromatic rings. The summed E-state index contributed by atoms with van der Waals surface area (Å²) in [6, 6.07) is 2.39. The van der Waals surface area contributed by atoms with Crippen molar-refractivity contribution < 1.29 is 14.7 Å². The van der Waals surface area contributed by atoms with Gasteiger partial charge in [-0.15, -0.1) is 0 Å². The van der Waals surface area contributed by atoms with E-state index < -0.39 is 18.0 Å². The highest BCUT2D eigenvalue weighted by molar-refractivity contribution is 5.82. The van der Waals surface area contributed by atoms with E-state index in [0.29, 0.717) is 6.54 Å². The van der Waals surface area contributed by atoms with Crippen LogP contribution in [0.1, 0.15) is 18.2 Å². The summed E-state index contributed by atoms with van der Waals surface area (Å²) < 4.78 is 0. The number of hydrogen-bond donors (Lipinski definition) is 2. The van der Waals surface area contributed by atoms with Gasteiger partial charge in [0, 0.05) is 13.2 Å². The highest BCUT2D eigenvalue weighted by Gasteiger charge is 2.17. The second-order valence-electron chi connectivity index (χ2n) is 4.13. The Morgan fingerprint density at radius 1 is 1.56 bits per heavy atom. The van der Waals surface area contributed by atoms with Gasteiger partial charge in [0.2, 0.25) is 0 Å². The summed E-state index contributed by atoms with van der Waals surface area (Å²) in [7, 11) is 1.60. The van der Waals surface area contributed by atoms with Crippen LogP contribution >= 0.6 is 0 Å². The Morgan fingerprint density at radius 3 is 2.78 bits per heavy atom. The summed E-state index contributed by atoms with van der Waals surface area (Å²) in [5.74, 6) is -1.06. The van der Waals surface area contributed by atoms with E-state index in [4.69, 9.17) is 5.11 Å². The van der Waals surface area contributed by atoms with Gasteiger partial charge in [0.05, 0.1) is 12.2 Å². The molecule has 0 spiro atoms. The number of amides is 2. The number of carboxylic acid groups (broad SMARTS) is 1. The lowest BCUT2D eigenvalue weighted by molar-refractivity contribution is -0.138. The predicted octanol–water partition coefficient (Wildman–Crippen LogP) is 1.00. The van der Waals surface area contributed by atoms with Gasteiger partial charge in [-0.05, 0) is 25.5 Å². The van der Waals surface area contributed by atoms with E-state index in [-0.39, 0.29) is 0 Å². The summed E-state index contributed by atoms with van der Waals surface area (Å²) in [6.45, 7) is 3.67. The van der Waals surface area contributed by atoms with E-state index in [1.165, 1.54) is 11.8 Å². The zero-order valence-electron chi connectivity index (χ0n) is 10.7. The molecule has 98 valence electrons. The molecule has 1 rings (SSSR count). The van der Waals surface area contributed by atoms with Gasteiger partial charge in [0.1, 0.15) is 6.04 Å². The van der Waals surface area contributed by atoms with Crippen LogP contribution in [-0.2, 0) is 11.3 Å². The molecule has 0 aliphatic heterocycles. The van der Waals surface area contributed by atoms with Crippen LogP contribution in [0.15, 0.2) is 18.3 Å². The minimum Gasteiger partial charge on any atom is -0.480 e. The first-order valence-corrected chi connectivity index (χ1v) is 5.56. The quantitative estimate of drug-likeness (QED) is 0.836. The number of rotatable bonds is 4. The van der Waals surface area contributed by atoms with Crippen molar-refractivity contribution >= 4 is 12.0 Å². The van der Waals surface area contributed by atoms with Crippen LogP contribution < -0.4 is 5.32 Å². The van der Waals surface area contributed by atoms with Crippen LogP contribution in [0.25, 0.3) is 0 Å². The second kappa shape index (κ2) is 6.00. The van der Waals surface area contributed by atoms with Gasteiger partial charge in [-0.25, -0.2) is 4.79 Å². The lowest BCUT2D eigenvalue weighted by atomic mass is 10.2. The van der Waals surface area contributed by atoms with Gasteiger partial charge < -0.3 is 15.3 Å². The van der Waals surface area contributed by atoms with Gasteiger partial charge in [0.25, 0.3) is 0 Å². The maximum atomic E-state index is 11.7. The normalized spacial score (nSPS) is 11.7. The lowest BCUT2D eigenvalue weighted by Gasteiger charge is -2.20. The predicted molar refractivity (Wildman–Crippen MR) is 66.1 cm³/mol. The first-order chi connectivity index (χ1) is 8.41. The molecule has 1 aromatic heterocycles. The molecule has 1 heterocycles. The summed E-state index contributed by atoms with van der Waals surface area (Å²) in [5, 5.41) is 11.1. The number of carboxylic acids is 1.